The van der Waals surface area contributed by atoms with Crippen LogP contribution in [0.15, 0.2) is 78.9 Å². The van der Waals surface area contributed by atoms with Crippen LogP contribution in [0.4, 0.5) is 4.39 Å². The second-order valence-electron chi connectivity index (χ2n) is 5.83. The summed E-state index contributed by atoms with van der Waals surface area (Å²) in [5.74, 6) is 0.270. The fourth-order valence-corrected chi connectivity index (χ4v) is 2.59. The van der Waals surface area contributed by atoms with Gasteiger partial charge in [0.05, 0.1) is 0 Å². The van der Waals surface area contributed by atoms with Crippen LogP contribution in [-0.4, -0.2) is 5.91 Å². The molecule has 0 aliphatic heterocycles. The molecule has 0 spiro atoms. The number of carbonyl (C=O) groups is 1. The summed E-state index contributed by atoms with van der Waals surface area (Å²) in [6.07, 6.45) is 0. The first-order valence-corrected chi connectivity index (χ1v) is 8.22. The maximum absolute atomic E-state index is 13.2. The first kappa shape index (κ1) is 17.6. The lowest BCUT2D eigenvalue weighted by molar-refractivity contribution is -0.120. The number of amides is 1. The molecule has 0 fully saturated rings. The van der Waals surface area contributed by atoms with E-state index in [4.69, 9.17) is 10.5 Å². The van der Waals surface area contributed by atoms with E-state index in [1.54, 1.807) is 24.3 Å². The molecule has 3 aromatic carbocycles. The summed E-state index contributed by atoms with van der Waals surface area (Å²) in [4.78, 5) is 11.7. The van der Waals surface area contributed by atoms with Gasteiger partial charge in [0.2, 0.25) is 5.91 Å². The zero-order chi connectivity index (χ0) is 18.4. The number of nitrogens with one attached hydrogen (secondary N) is 1. The number of primary amides is 1. The number of benzene rings is 3. The summed E-state index contributed by atoms with van der Waals surface area (Å²) in [6, 6.07) is 22.1. The predicted octanol–water partition coefficient (Wildman–Crippen LogP) is 3.93. The molecule has 1 unspecified atom stereocenters. The summed E-state index contributed by atoms with van der Waals surface area (Å²) in [5, 5.41) is 3.16. The van der Waals surface area contributed by atoms with Gasteiger partial charge in [-0.25, -0.2) is 4.39 Å². The molecule has 5 heteroatoms. The van der Waals surface area contributed by atoms with E-state index >= 15 is 0 Å². The van der Waals surface area contributed by atoms with Crippen LogP contribution in [-0.2, 0) is 11.3 Å². The van der Waals surface area contributed by atoms with Crippen molar-refractivity contribution in [3.05, 3.63) is 95.8 Å². The van der Waals surface area contributed by atoms with Gasteiger partial charge in [-0.15, -0.1) is 0 Å². The van der Waals surface area contributed by atoms with Crippen LogP contribution in [0.25, 0.3) is 0 Å². The Hall–Kier alpha value is -3.18. The molecular formula is C21H19FN2O2. The van der Waals surface area contributed by atoms with E-state index < -0.39 is 11.9 Å². The van der Waals surface area contributed by atoms with Gasteiger partial charge in [-0.3, -0.25) is 10.1 Å². The molecule has 3 rings (SSSR count). The fraction of sp³-hybridized carbons (Fsp3) is 0.0952. The normalized spacial score (nSPS) is 11.7. The Morgan fingerprint density at radius 2 is 1.69 bits per heavy atom. The largest absolute Gasteiger partial charge is 0.457 e. The van der Waals surface area contributed by atoms with Gasteiger partial charge in [-0.1, -0.05) is 48.5 Å². The van der Waals surface area contributed by atoms with Crippen molar-refractivity contribution in [3.8, 4) is 11.5 Å². The number of rotatable bonds is 7. The molecule has 3 N–H and O–H groups in total. The molecule has 4 nitrogen and oxygen atoms in total. The van der Waals surface area contributed by atoms with Gasteiger partial charge in [0.1, 0.15) is 23.4 Å². The highest BCUT2D eigenvalue weighted by atomic mass is 19.1. The minimum atomic E-state index is -0.556. The van der Waals surface area contributed by atoms with E-state index in [-0.39, 0.29) is 5.82 Å². The van der Waals surface area contributed by atoms with Crippen LogP contribution in [0.3, 0.4) is 0 Å². The number of ether oxygens (including phenoxy) is 1. The standard InChI is InChI=1S/C21H19FN2O2/c22-17-7-4-8-19(13-17)26-18-11-9-15(10-12-18)14-24-20(21(23)25)16-5-2-1-3-6-16/h1-13,20,24H,14H2,(H2,23,25). The third-order valence-corrected chi connectivity index (χ3v) is 3.88. The zero-order valence-corrected chi connectivity index (χ0v) is 14.1. The maximum Gasteiger partial charge on any atom is 0.239 e. The van der Waals surface area contributed by atoms with E-state index in [2.05, 4.69) is 5.32 Å². The topological polar surface area (TPSA) is 64.4 Å². The van der Waals surface area contributed by atoms with E-state index in [9.17, 15) is 9.18 Å². The molecule has 0 aromatic heterocycles. The Bertz CT molecular complexity index is 867. The van der Waals surface area contributed by atoms with Crippen molar-refractivity contribution in [1.82, 2.24) is 5.32 Å². The summed E-state index contributed by atoms with van der Waals surface area (Å²) in [5.41, 5.74) is 7.30. The van der Waals surface area contributed by atoms with Gasteiger partial charge in [-0.05, 0) is 35.4 Å². The zero-order valence-electron chi connectivity index (χ0n) is 14.1. The van der Waals surface area contributed by atoms with Crippen molar-refractivity contribution in [1.29, 1.82) is 0 Å². The highest BCUT2D eigenvalue weighted by Gasteiger charge is 2.16. The molecule has 0 saturated carbocycles. The molecule has 0 radical (unpaired) electrons. The van der Waals surface area contributed by atoms with Gasteiger partial charge in [0.25, 0.3) is 0 Å². The van der Waals surface area contributed by atoms with Crippen molar-refractivity contribution in [2.45, 2.75) is 12.6 Å². The van der Waals surface area contributed by atoms with Crippen LogP contribution >= 0.6 is 0 Å². The minimum absolute atomic E-state index is 0.346. The van der Waals surface area contributed by atoms with Gasteiger partial charge < -0.3 is 10.5 Å². The van der Waals surface area contributed by atoms with Crippen molar-refractivity contribution in [3.63, 3.8) is 0 Å². The van der Waals surface area contributed by atoms with E-state index in [1.165, 1.54) is 12.1 Å². The van der Waals surface area contributed by atoms with Crippen molar-refractivity contribution >= 4 is 5.91 Å². The smallest absolute Gasteiger partial charge is 0.239 e. The molecule has 1 atom stereocenters. The molecule has 3 aromatic rings. The Labute approximate surface area is 151 Å². The predicted molar refractivity (Wildman–Crippen MR) is 98.1 cm³/mol. The lowest BCUT2D eigenvalue weighted by atomic mass is 10.1. The Kier molecular flexibility index (Phi) is 5.61. The maximum atomic E-state index is 13.2. The number of halogens is 1. The average molecular weight is 350 g/mol. The first-order chi connectivity index (χ1) is 12.6. The molecule has 132 valence electrons. The number of hydrogen-bond donors (Lipinski definition) is 2. The fourth-order valence-electron chi connectivity index (χ4n) is 2.59. The van der Waals surface area contributed by atoms with E-state index in [1.807, 2.05) is 42.5 Å². The van der Waals surface area contributed by atoms with Crippen LogP contribution in [0.1, 0.15) is 17.2 Å². The van der Waals surface area contributed by atoms with Gasteiger partial charge in [-0.2, -0.15) is 0 Å². The Morgan fingerprint density at radius 1 is 0.962 bits per heavy atom. The monoisotopic (exact) mass is 350 g/mol. The SMILES string of the molecule is NC(=O)C(NCc1ccc(Oc2cccc(F)c2)cc1)c1ccccc1. The highest BCUT2D eigenvalue weighted by Crippen LogP contribution is 2.22. The molecule has 0 bridgehead atoms. The molecule has 0 aliphatic rings. The molecule has 0 saturated heterocycles. The van der Waals surface area contributed by atoms with Crippen LogP contribution in [0.2, 0.25) is 0 Å². The second-order valence-corrected chi connectivity index (χ2v) is 5.83. The van der Waals surface area contributed by atoms with Crippen LogP contribution < -0.4 is 15.8 Å². The molecule has 1 amide bonds. The van der Waals surface area contributed by atoms with Gasteiger partial charge in [0, 0.05) is 12.6 Å². The summed E-state index contributed by atoms with van der Waals surface area (Å²) >= 11 is 0. The first-order valence-electron chi connectivity index (χ1n) is 8.22. The van der Waals surface area contributed by atoms with Gasteiger partial charge >= 0.3 is 0 Å². The quantitative estimate of drug-likeness (QED) is 0.678. The Balaban J connectivity index is 1.62. The summed E-state index contributed by atoms with van der Waals surface area (Å²) in [7, 11) is 0. The number of carbonyl (C=O) groups excluding carboxylic acids is 1. The third kappa shape index (κ3) is 4.68. The lowest BCUT2D eigenvalue weighted by Gasteiger charge is -2.16. The summed E-state index contributed by atoms with van der Waals surface area (Å²) in [6.45, 7) is 0.475. The number of nitrogens with two attached hydrogens (primary N) is 1. The van der Waals surface area contributed by atoms with Crippen molar-refractivity contribution < 1.29 is 13.9 Å². The number of hydrogen-bond acceptors (Lipinski definition) is 3. The highest BCUT2D eigenvalue weighted by molar-refractivity contribution is 5.81. The van der Waals surface area contributed by atoms with Gasteiger partial charge in [0.15, 0.2) is 0 Å². The molecule has 0 aliphatic carbocycles. The average Bonchev–Trinajstić information content (AvgIpc) is 2.64. The summed E-state index contributed by atoms with van der Waals surface area (Å²) < 4.78 is 18.8. The molecular weight excluding hydrogens is 331 g/mol. The van der Waals surface area contributed by atoms with Crippen molar-refractivity contribution in [2.24, 2.45) is 5.73 Å². The van der Waals surface area contributed by atoms with Crippen LogP contribution in [0.5, 0.6) is 11.5 Å². The lowest BCUT2D eigenvalue weighted by Crippen LogP contribution is -2.33. The molecule has 26 heavy (non-hydrogen) atoms. The van der Waals surface area contributed by atoms with E-state index in [0.717, 1.165) is 11.1 Å². The van der Waals surface area contributed by atoms with E-state index in [0.29, 0.717) is 18.0 Å². The minimum Gasteiger partial charge on any atom is -0.457 e. The third-order valence-electron chi connectivity index (χ3n) is 3.88. The van der Waals surface area contributed by atoms with Crippen molar-refractivity contribution in [2.75, 3.05) is 0 Å². The molecule has 0 heterocycles. The Morgan fingerprint density at radius 3 is 2.35 bits per heavy atom. The van der Waals surface area contributed by atoms with Crippen LogP contribution in [0, 0.1) is 5.82 Å². The second kappa shape index (κ2) is 8.27.